The lowest BCUT2D eigenvalue weighted by atomic mass is 10.1. The van der Waals surface area contributed by atoms with Gasteiger partial charge in [-0.2, -0.15) is 13.2 Å². The number of amides is 2. The van der Waals surface area contributed by atoms with Crippen LogP contribution in [0.3, 0.4) is 0 Å². The van der Waals surface area contributed by atoms with Gasteiger partial charge in [0.15, 0.2) is 0 Å². The largest absolute Gasteiger partial charge is 0.416 e. The van der Waals surface area contributed by atoms with Gasteiger partial charge in [0.05, 0.1) is 5.56 Å². The minimum atomic E-state index is -4.47. The fourth-order valence-corrected chi connectivity index (χ4v) is 2.38. The zero-order valence-corrected chi connectivity index (χ0v) is 13.7. The van der Waals surface area contributed by atoms with Gasteiger partial charge in [-0.1, -0.05) is 18.2 Å². The summed E-state index contributed by atoms with van der Waals surface area (Å²) in [7, 11) is 1.44. The molecule has 0 aromatic heterocycles. The van der Waals surface area contributed by atoms with E-state index in [2.05, 4.69) is 5.32 Å². The van der Waals surface area contributed by atoms with Gasteiger partial charge in [-0.25, -0.2) is 0 Å². The van der Waals surface area contributed by atoms with Crippen LogP contribution in [0.1, 0.15) is 28.4 Å². The van der Waals surface area contributed by atoms with E-state index < -0.39 is 17.6 Å². The number of alkyl halides is 3. The third-order valence-corrected chi connectivity index (χ3v) is 3.53. The molecule has 2 rings (SSSR count). The highest BCUT2D eigenvalue weighted by molar-refractivity contribution is 5.95. The lowest BCUT2D eigenvalue weighted by Crippen LogP contribution is -2.27. The van der Waals surface area contributed by atoms with Crippen molar-refractivity contribution < 1.29 is 22.8 Å². The molecule has 0 radical (unpaired) electrons. The lowest BCUT2D eigenvalue weighted by molar-refractivity contribution is -0.138. The third-order valence-electron chi connectivity index (χ3n) is 3.53. The molecule has 132 valence electrons. The SMILES string of the molecule is CC(=O)Nc1ccc(C(=O)N(C)Cc2ccccc2C(F)(F)F)cc1. The molecular formula is C18H17F3N2O2. The van der Waals surface area contributed by atoms with Gasteiger partial charge in [0.1, 0.15) is 0 Å². The van der Waals surface area contributed by atoms with Crippen molar-refractivity contribution >= 4 is 17.5 Å². The van der Waals surface area contributed by atoms with Crippen LogP contribution in [0.15, 0.2) is 48.5 Å². The molecular weight excluding hydrogens is 333 g/mol. The number of nitrogens with one attached hydrogen (secondary N) is 1. The molecule has 1 N–H and O–H groups in total. The quantitative estimate of drug-likeness (QED) is 0.908. The van der Waals surface area contributed by atoms with Crippen molar-refractivity contribution in [3.8, 4) is 0 Å². The van der Waals surface area contributed by atoms with Crippen molar-refractivity contribution in [2.75, 3.05) is 12.4 Å². The van der Waals surface area contributed by atoms with Gasteiger partial charge in [0, 0.05) is 31.8 Å². The van der Waals surface area contributed by atoms with E-state index in [0.717, 1.165) is 6.07 Å². The van der Waals surface area contributed by atoms with Gasteiger partial charge in [-0.15, -0.1) is 0 Å². The van der Waals surface area contributed by atoms with Crippen molar-refractivity contribution in [2.24, 2.45) is 0 Å². The number of rotatable bonds is 4. The lowest BCUT2D eigenvalue weighted by Gasteiger charge is -2.20. The Bertz CT molecular complexity index is 771. The molecule has 0 fully saturated rings. The maximum atomic E-state index is 13.0. The Morgan fingerprint density at radius 1 is 1.04 bits per heavy atom. The van der Waals surface area contributed by atoms with Crippen LogP contribution in [0, 0.1) is 0 Å². The van der Waals surface area contributed by atoms with Crippen LogP contribution in [0.4, 0.5) is 18.9 Å². The van der Waals surface area contributed by atoms with Crippen LogP contribution < -0.4 is 5.32 Å². The predicted molar refractivity (Wildman–Crippen MR) is 88.0 cm³/mol. The molecule has 0 aliphatic heterocycles. The molecule has 0 saturated carbocycles. The van der Waals surface area contributed by atoms with E-state index >= 15 is 0 Å². The number of carbonyl (C=O) groups excluding carboxylic acids is 2. The zero-order valence-electron chi connectivity index (χ0n) is 13.7. The van der Waals surface area contributed by atoms with Gasteiger partial charge in [0.2, 0.25) is 5.91 Å². The molecule has 4 nitrogen and oxygen atoms in total. The monoisotopic (exact) mass is 350 g/mol. The van der Waals surface area contributed by atoms with Crippen molar-refractivity contribution in [1.29, 1.82) is 0 Å². The number of nitrogens with zero attached hydrogens (tertiary/aromatic N) is 1. The number of hydrogen-bond acceptors (Lipinski definition) is 2. The van der Waals surface area contributed by atoms with Crippen molar-refractivity contribution in [1.82, 2.24) is 4.90 Å². The first-order valence-corrected chi connectivity index (χ1v) is 7.46. The normalized spacial score (nSPS) is 11.1. The van der Waals surface area contributed by atoms with Crippen LogP contribution in [-0.4, -0.2) is 23.8 Å². The highest BCUT2D eigenvalue weighted by atomic mass is 19.4. The van der Waals surface area contributed by atoms with Gasteiger partial charge in [0.25, 0.3) is 5.91 Å². The standard InChI is InChI=1S/C18H17F3N2O2/c1-12(24)22-15-9-7-13(8-10-15)17(25)23(2)11-14-5-3-4-6-16(14)18(19,20)21/h3-10H,11H2,1-2H3,(H,22,24). The first kappa shape index (κ1) is 18.5. The second kappa shape index (κ2) is 7.38. The first-order valence-electron chi connectivity index (χ1n) is 7.46. The van der Waals surface area contributed by atoms with Gasteiger partial charge < -0.3 is 10.2 Å². The number of benzene rings is 2. The molecule has 0 heterocycles. The molecule has 2 amide bonds. The summed E-state index contributed by atoms with van der Waals surface area (Å²) in [5.74, 6) is -0.647. The summed E-state index contributed by atoms with van der Waals surface area (Å²) < 4.78 is 39.1. The summed E-state index contributed by atoms with van der Waals surface area (Å²) in [6.45, 7) is 1.20. The average Bonchev–Trinajstić information content (AvgIpc) is 2.54. The Morgan fingerprint density at radius 2 is 1.64 bits per heavy atom. The molecule has 0 aliphatic rings. The van der Waals surface area contributed by atoms with E-state index in [1.807, 2.05) is 0 Å². The predicted octanol–water partition coefficient (Wildman–Crippen LogP) is 3.94. The molecule has 0 saturated heterocycles. The Labute approximate surface area is 143 Å². The summed E-state index contributed by atoms with van der Waals surface area (Å²) in [6.07, 6.45) is -4.47. The smallest absolute Gasteiger partial charge is 0.337 e. The number of halogens is 3. The summed E-state index contributed by atoms with van der Waals surface area (Å²) in [4.78, 5) is 24.6. The molecule has 0 unspecified atom stereocenters. The molecule has 25 heavy (non-hydrogen) atoms. The van der Waals surface area contributed by atoms with E-state index in [9.17, 15) is 22.8 Å². The van der Waals surface area contributed by atoms with Crippen LogP contribution in [0.25, 0.3) is 0 Å². The molecule has 2 aromatic carbocycles. The molecule has 0 atom stereocenters. The highest BCUT2D eigenvalue weighted by Gasteiger charge is 2.33. The summed E-state index contributed by atoms with van der Waals surface area (Å²) in [5, 5.41) is 2.58. The summed E-state index contributed by atoms with van der Waals surface area (Å²) in [6, 6.07) is 11.3. The van der Waals surface area contributed by atoms with Crippen LogP contribution in [0.5, 0.6) is 0 Å². The summed E-state index contributed by atoms with van der Waals surface area (Å²) in [5.41, 5.74) is 0.131. The molecule has 7 heteroatoms. The minimum Gasteiger partial charge on any atom is -0.337 e. The maximum Gasteiger partial charge on any atom is 0.416 e. The van der Waals surface area contributed by atoms with E-state index in [1.54, 1.807) is 12.1 Å². The van der Waals surface area contributed by atoms with E-state index in [0.29, 0.717) is 11.3 Å². The second-order valence-corrected chi connectivity index (χ2v) is 5.57. The second-order valence-electron chi connectivity index (χ2n) is 5.57. The van der Waals surface area contributed by atoms with Crippen molar-refractivity contribution in [2.45, 2.75) is 19.6 Å². The van der Waals surface area contributed by atoms with Crippen molar-refractivity contribution in [3.05, 3.63) is 65.2 Å². The molecule has 2 aromatic rings. The fourth-order valence-electron chi connectivity index (χ4n) is 2.38. The minimum absolute atomic E-state index is 0.0284. The third kappa shape index (κ3) is 4.82. The summed E-state index contributed by atoms with van der Waals surface area (Å²) >= 11 is 0. The molecule has 0 spiro atoms. The zero-order chi connectivity index (χ0) is 18.6. The number of carbonyl (C=O) groups is 2. The topological polar surface area (TPSA) is 49.4 Å². The van der Waals surface area contributed by atoms with E-state index in [-0.39, 0.29) is 18.0 Å². The molecule has 0 bridgehead atoms. The Morgan fingerprint density at radius 3 is 2.20 bits per heavy atom. The van der Waals surface area contributed by atoms with Crippen LogP contribution in [0.2, 0.25) is 0 Å². The van der Waals surface area contributed by atoms with Gasteiger partial charge in [-0.3, -0.25) is 9.59 Å². The first-order chi connectivity index (χ1) is 11.7. The van der Waals surface area contributed by atoms with Crippen molar-refractivity contribution in [3.63, 3.8) is 0 Å². The van der Waals surface area contributed by atoms with E-state index in [1.165, 1.54) is 49.2 Å². The number of anilines is 1. The Balaban J connectivity index is 2.15. The van der Waals surface area contributed by atoms with Gasteiger partial charge in [-0.05, 0) is 35.9 Å². The Kier molecular flexibility index (Phi) is 5.46. The fraction of sp³-hybridized carbons (Fsp3) is 0.222. The van der Waals surface area contributed by atoms with Crippen LogP contribution >= 0.6 is 0 Å². The Hall–Kier alpha value is -2.83. The van der Waals surface area contributed by atoms with Gasteiger partial charge >= 0.3 is 6.18 Å². The van der Waals surface area contributed by atoms with Crippen LogP contribution in [-0.2, 0) is 17.5 Å². The average molecular weight is 350 g/mol. The maximum absolute atomic E-state index is 13.0. The molecule has 0 aliphatic carbocycles. The highest BCUT2D eigenvalue weighted by Crippen LogP contribution is 2.32. The number of hydrogen-bond donors (Lipinski definition) is 1. The van der Waals surface area contributed by atoms with E-state index in [4.69, 9.17) is 0 Å².